The minimum atomic E-state index is -6.00. The van der Waals surface area contributed by atoms with E-state index >= 15 is 0 Å². The zero-order chi connectivity index (χ0) is 13.6. The third kappa shape index (κ3) is 7.17. The van der Waals surface area contributed by atoms with Crippen LogP contribution in [0.2, 0.25) is 0 Å². The van der Waals surface area contributed by atoms with Crippen LogP contribution in [0.4, 0.5) is 23.0 Å². The van der Waals surface area contributed by atoms with Crippen molar-refractivity contribution >= 4 is 44.8 Å². The molecule has 17 heavy (non-hydrogen) atoms. The lowest BCUT2D eigenvalue weighted by atomic mass is 10.3. The Morgan fingerprint density at radius 3 is 2.00 bits per heavy atom. The molecule has 0 saturated heterocycles. The van der Waals surface area contributed by atoms with Crippen LogP contribution in [0, 0.1) is 5.39 Å². The molecule has 0 bridgehead atoms. The van der Waals surface area contributed by atoms with Crippen molar-refractivity contribution in [2.24, 2.45) is 0 Å². The number of hydrogen-bond donors (Lipinski definition) is 0. The summed E-state index contributed by atoms with van der Waals surface area (Å²) in [6.07, 6.45) is 0. The predicted octanol–water partition coefficient (Wildman–Crippen LogP) is 5.00. The minimum absolute atomic E-state index is 0.440. The van der Waals surface area contributed by atoms with Crippen molar-refractivity contribution in [3.05, 3.63) is 26.1 Å². The number of hydrogen-bond acceptors (Lipinski definition) is 2. The number of ether oxygens (including phenoxy) is 1. The Morgan fingerprint density at radius 1 is 1.18 bits per heavy atom. The molecule has 94 valence electrons. The zero-order valence-electron chi connectivity index (χ0n) is 8.30. The normalized spacial score (nSPS) is 10.0. The van der Waals surface area contributed by atoms with Gasteiger partial charge in [0.15, 0.2) is 4.98 Å². The van der Waals surface area contributed by atoms with Gasteiger partial charge in [0.05, 0.1) is 17.6 Å². The van der Waals surface area contributed by atoms with Gasteiger partial charge in [0.25, 0.3) is 0 Å². The van der Waals surface area contributed by atoms with Crippen molar-refractivity contribution in [3.8, 4) is 5.75 Å². The molecule has 1 aromatic carbocycles. The highest BCUT2D eigenvalue weighted by Gasteiger charge is 2.20. The standard InChI is InChI=1S/C7H5Br2N2O.BF4/c1-12-7-3-6(11-10)4(8)2-5(7)9;2-1(3,4)5/h2-3H,1H3;/q+1;-1. The average Bonchev–Trinajstić information content (AvgIpc) is 2.15. The number of diazo groups is 1. The van der Waals surface area contributed by atoms with Crippen molar-refractivity contribution in [1.29, 1.82) is 5.39 Å². The number of nitrogens with zero attached hydrogens (tertiary/aromatic N) is 2. The van der Waals surface area contributed by atoms with Crippen molar-refractivity contribution < 1.29 is 22.0 Å². The van der Waals surface area contributed by atoms with Gasteiger partial charge in [-0.3, -0.25) is 0 Å². The molecule has 1 rings (SSSR count). The monoisotopic (exact) mass is 378 g/mol. The zero-order valence-corrected chi connectivity index (χ0v) is 11.5. The summed E-state index contributed by atoms with van der Waals surface area (Å²) in [5.41, 5.74) is 0.440. The van der Waals surface area contributed by atoms with Crippen molar-refractivity contribution in [1.82, 2.24) is 0 Å². The summed E-state index contributed by atoms with van der Waals surface area (Å²) in [4.78, 5) is 3.07. The third-order valence-corrected chi connectivity index (χ3v) is 2.58. The van der Waals surface area contributed by atoms with E-state index in [1.807, 2.05) is 0 Å². The number of halogens is 6. The largest absolute Gasteiger partial charge is 0.673 e. The van der Waals surface area contributed by atoms with Crippen LogP contribution in [0.15, 0.2) is 21.1 Å². The summed E-state index contributed by atoms with van der Waals surface area (Å²) in [7, 11) is -4.45. The molecule has 0 spiro atoms. The molecular weight excluding hydrogens is 375 g/mol. The highest BCUT2D eigenvalue weighted by atomic mass is 79.9. The molecule has 0 aliphatic heterocycles. The molecule has 0 atom stereocenters. The van der Waals surface area contributed by atoms with E-state index in [0.29, 0.717) is 15.9 Å². The summed E-state index contributed by atoms with van der Waals surface area (Å²) >= 11 is 6.52. The first-order valence-electron chi connectivity index (χ1n) is 3.94. The molecule has 0 unspecified atom stereocenters. The summed E-state index contributed by atoms with van der Waals surface area (Å²) in [6, 6.07) is 3.38. The highest BCUT2D eigenvalue weighted by molar-refractivity contribution is 9.11. The van der Waals surface area contributed by atoms with Gasteiger partial charge in [-0.1, -0.05) is 0 Å². The van der Waals surface area contributed by atoms with Crippen LogP contribution in [0.25, 0.3) is 4.98 Å². The molecule has 10 heteroatoms. The summed E-state index contributed by atoms with van der Waals surface area (Å²) in [5, 5.41) is 8.55. The molecule has 0 aliphatic rings. The number of methoxy groups -OCH3 is 1. The Hall–Kier alpha value is -0.815. The minimum Gasteiger partial charge on any atom is -0.495 e. The summed E-state index contributed by atoms with van der Waals surface area (Å²) in [6.45, 7) is 0. The van der Waals surface area contributed by atoms with Crippen LogP contribution in [0.3, 0.4) is 0 Å². The molecule has 0 saturated carbocycles. The van der Waals surface area contributed by atoms with E-state index < -0.39 is 7.25 Å². The lowest BCUT2D eigenvalue weighted by molar-refractivity contribution is 0.368. The smallest absolute Gasteiger partial charge is 0.495 e. The van der Waals surface area contributed by atoms with Gasteiger partial charge >= 0.3 is 12.9 Å². The van der Waals surface area contributed by atoms with Crippen LogP contribution < -0.4 is 4.74 Å². The molecule has 0 amide bonds. The average molecular weight is 380 g/mol. The van der Waals surface area contributed by atoms with E-state index in [4.69, 9.17) is 10.1 Å². The van der Waals surface area contributed by atoms with Gasteiger partial charge in [-0.15, -0.1) is 0 Å². The first kappa shape index (κ1) is 16.2. The van der Waals surface area contributed by atoms with E-state index in [2.05, 4.69) is 36.8 Å². The summed E-state index contributed by atoms with van der Waals surface area (Å²) < 4.78 is 45.5. The van der Waals surface area contributed by atoms with Crippen molar-refractivity contribution in [2.75, 3.05) is 7.11 Å². The van der Waals surface area contributed by atoms with E-state index in [-0.39, 0.29) is 0 Å². The molecule has 0 fully saturated rings. The lowest BCUT2D eigenvalue weighted by Gasteiger charge is -1.99. The number of benzene rings is 1. The highest BCUT2D eigenvalue weighted by Crippen LogP contribution is 2.35. The van der Waals surface area contributed by atoms with Gasteiger partial charge in [0.2, 0.25) is 5.39 Å². The molecule has 0 radical (unpaired) electrons. The Labute approximate surface area is 111 Å². The second-order valence-electron chi connectivity index (χ2n) is 2.53. The summed E-state index contributed by atoms with van der Waals surface area (Å²) in [5.74, 6) is 0.631. The fourth-order valence-corrected chi connectivity index (χ4v) is 1.99. The van der Waals surface area contributed by atoms with E-state index in [9.17, 15) is 17.3 Å². The molecule has 0 N–H and O–H groups in total. The first-order chi connectivity index (χ1) is 7.69. The maximum absolute atomic E-state index is 9.75. The van der Waals surface area contributed by atoms with Gasteiger partial charge in [-0.25, -0.2) is 0 Å². The SMILES string of the molecule is COc1cc([N+]#N)c(Br)cc1Br.F[B-](F)(F)F. The molecular formula is C7H5BBr2F4N2O. The van der Waals surface area contributed by atoms with Gasteiger partial charge in [-0.2, -0.15) is 0 Å². The van der Waals surface area contributed by atoms with Crippen molar-refractivity contribution in [2.45, 2.75) is 0 Å². The first-order valence-corrected chi connectivity index (χ1v) is 5.53. The van der Waals surface area contributed by atoms with Crippen LogP contribution in [0.1, 0.15) is 0 Å². The molecule has 0 aromatic heterocycles. The number of rotatable bonds is 1. The van der Waals surface area contributed by atoms with E-state index in [0.717, 1.165) is 4.47 Å². The maximum Gasteiger partial charge on any atom is 0.673 e. The van der Waals surface area contributed by atoms with Gasteiger partial charge in [0.1, 0.15) is 10.2 Å². The Balaban J connectivity index is 0.000000437. The topological polar surface area (TPSA) is 37.4 Å². The van der Waals surface area contributed by atoms with E-state index in [1.165, 1.54) is 0 Å². The predicted molar refractivity (Wildman–Crippen MR) is 63.3 cm³/mol. The van der Waals surface area contributed by atoms with Gasteiger partial charge < -0.3 is 22.0 Å². The van der Waals surface area contributed by atoms with Gasteiger partial charge in [0, 0.05) is 0 Å². The van der Waals surface area contributed by atoms with Crippen LogP contribution >= 0.6 is 31.9 Å². The Bertz CT molecular complexity index is 429. The quantitative estimate of drug-likeness (QED) is 0.391. The second kappa shape index (κ2) is 6.81. The molecule has 3 nitrogen and oxygen atoms in total. The third-order valence-electron chi connectivity index (χ3n) is 1.33. The molecule has 0 heterocycles. The molecule has 1 aromatic rings. The van der Waals surface area contributed by atoms with Crippen molar-refractivity contribution in [3.63, 3.8) is 0 Å². The fraction of sp³-hybridized carbons (Fsp3) is 0.143. The van der Waals surface area contributed by atoms with E-state index in [1.54, 1.807) is 19.2 Å². The van der Waals surface area contributed by atoms with Gasteiger partial charge in [-0.05, 0) is 37.9 Å². The second-order valence-corrected chi connectivity index (χ2v) is 4.24. The fourth-order valence-electron chi connectivity index (χ4n) is 0.751. The van der Waals surface area contributed by atoms with Crippen LogP contribution in [-0.4, -0.2) is 14.4 Å². The molecule has 0 aliphatic carbocycles. The lowest BCUT2D eigenvalue weighted by Crippen LogP contribution is -2.02. The Kier molecular flexibility index (Phi) is 6.48. The Morgan fingerprint density at radius 2 is 1.65 bits per heavy atom. The van der Waals surface area contributed by atoms with Crippen LogP contribution in [0.5, 0.6) is 5.75 Å². The maximum atomic E-state index is 9.75. The van der Waals surface area contributed by atoms with Crippen LogP contribution in [-0.2, 0) is 0 Å².